The topological polar surface area (TPSA) is 136 Å². The molecule has 0 aromatic heterocycles. The third-order valence-corrected chi connectivity index (χ3v) is 7.22. The minimum Gasteiger partial charge on any atom is -0.389 e. The quantitative estimate of drug-likeness (QED) is 0.205. The molecule has 2 rings (SSSR count). The predicted molar refractivity (Wildman–Crippen MR) is 163 cm³/mol. The van der Waals surface area contributed by atoms with Crippen molar-refractivity contribution in [1.82, 2.24) is 10.6 Å². The third-order valence-electron chi connectivity index (χ3n) is 7.22. The highest BCUT2D eigenvalue weighted by Crippen LogP contribution is 2.42. The summed E-state index contributed by atoms with van der Waals surface area (Å²) in [7, 11) is -0.327. The molecule has 1 unspecified atom stereocenters. The zero-order valence-corrected chi connectivity index (χ0v) is 24.5. The number of amides is 2. The van der Waals surface area contributed by atoms with Gasteiger partial charge in [-0.15, -0.1) is 0 Å². The molecule has 2 aliphatic carbocycles. The fourth-order valence-corrected chi connectivity index (χ4v) is 5.51. The molecule has 1 fully saturated rings. The molecule has 0 spiro atoms. The molecule has 0 aliphatic heterocycles. The van der Waals surface area contributed by atoms with Gasteiger partial charge in [-0.2, -0.15) is 0 Å². The zero-order chi connectivity index (χ0) is 28.3. The molecule has 1 saturated carbocycles. The van der Waals surface area contributed by atoms with E-state index in [-0.39, 0.29) is 39.0 Å². The van der Waals surface area contributed by atoms with Crippen LogP contribution in [0.3, 0.4) is 0 Å². The number of aliphatic hydroxyl groups is 1. The van der Waals surface area contributed by atoms with Gasteiger partial charge in [0.2, 0.25) is 11.8 Å². The molecule has 9 heteroatoms. The molecule has 0 heterocycles. The Hall–Kier alpha value is -1.42. The molecular formula is C29H60N2O6S. The maximum Gasteiger partial charge on any atom is 0.223 e. The average Bonchev–Trinajstić information content (AvgIpc) is 2.72. The lowest BCUT2D eigenvalue weighted by Gasteiger charge is -2.44. The first-order chi connectivity index (χ1) is 16.4. The van der Waals surface area contributed by atoms with Gasteiger partial charge < -0.3 is 15.7 Å². The summed E-state index contributed by atoms with van der Waals surface area (Å²) in [4.78, 5) is 22.9. The van der Waals surface area contributed by atoms with Crippen molar-refractivity contribution in [3.8, 4) is 0 Å². The molecular weight excluding hydrogens is 504 g/mol. The highest BCUT2D eigenvalue weighted by Gasteiger charge is 2.43. The molecule has 0 radical (unpaired) electrons. The van der Waals surface area contributed by atoms with Crippen LogP contribution in [0.25, 0.3) is 0 Å². The van der Waals surface area contributed by atoms with Gasteiger partial charge in [-0.25, -0.2) is 4.21 Å². The normalized spacial score (nSPS) is 25.0. The summed E-state index contributed by atoms with van der Waals surface area (Å²) >= 11 is 0. The van der Waals surface area contributed by atoms with Crippen molar-refractivity contribution >= 4 is 27.8 Å². The Labute approximate surface area is 234 Å². The first kappa shape index (κ1) is 41.1. The largest absolute Gasteiger partial charge is 0.389 e. The van der Waals surface area contributed by atoms with Gasteiger partial charge in [0.25, 0.3) is 0 Å². The van der Waals surface area contributed by atoms with Gasteiger partial charge >= 0.3 is 0 Å². The van der Waals surface area contributed by atoms with Gasteiger partial charge in [0.15, 0.2) is 10.1 Å². The Bertz CT molecular complexity index is 830. The van der Waals surface area contributed by atoms with Gasteiger partial charge in [0.05, 0.1) is 12.0 Å². The summed E-state index contributed by atoms with van der Waals surface area (Å²) in [5.41, 5.74) is 2.12. The molecule has 0 bridgehead atoms. The van der Waals surface area contributed by atoms with Crippen molar-refractivity contribution in [2.24, 2.45) is 29.6 Å². The molecule has 0 aromatic rings. The predicted octanol–water partition coefficient (Wildman–Crippen LogP) is 5.76. The van der Waals surface area contributed by atoms with Gasteiger partial charge in [-0.05, 0) is 61.7 Å². The van der Waals surface area contributed by atoms with Crippen molar-refractivity contribution in [2.75, 3.05) is 14.1 Å². The molecule has 38 heavy (non-hydrogen) atoms. The maximum atomic E-state index is 11.5. The van der Waals surface area contributed by atoms with E-state index in [0.29, 0.717) is 24.2 Å². The van der Waals surface area contributed by atoms with Crippen LogP contribution < -0.4 is 10.6 Å². The smallest absolute Gasteiger partial charge is 0.223 e. The van der Waals surface area contributed by atoms with E-state index < -0.39 is 15.7 Å². The second kappa shape index (κ2) is 18.8. The second-order valence-corrected chi connectivity index (χ2v) is 12.5. The van der Waals surface area contributed by atoms with Crippen LogP contribution in [0.15, 0.2) is 11.1 Å². The Kier molecular flexibility index (Phi) is 20.3. The zero-order valence-electron chi connectivity index (χ0n) is 23.7. The van der Waals surface area contributed by atoms with Crippen molar-refractivity contribution < 1.29 is 28.0 Å². The number of rotatable bonds is 6. The number of hydrogen-bond donors (Lipinski definition) is 5. The summed E-state index contributed by atoms with van der Waals surface area (Å²) < 4.78 is 24.2. The highest BCUT2D eigenvalue weighted by molar-refractivity contribution is 7.89. The Balaban J connectivity index is -0.000000525. The SMILES string of the molecule is C.C.C=S(=O)(O)O.CNC(=O)CC1(O)C[C@H](C)CC[C@H]1C(C)C.CNC(=O)CC1=C(C(C)C)CC[C@@H](C)C1. The average molecular weight is 565 g/mol. The summed E-state index contributed by atoms with van der Waals surface area (Å²) in [6.45, 7) is 13.2. The van der Waals surface area contributed by atoms with Crippen molar-refractivity contribution in [3.05, 3.63) is 11.1 Å². The van der Waals surface area contributed by atoms with E-state index in [9.17, 15) is 18.9 Å². The summed E-state index contributed by atoms with van der Waals surface area (Å²) in [5.74, 6) is 5.05. The van der Waals surface area contributed by atoms with Crippen molar-refractivity contribution in [1.29, 1.82) is 0 Å². The first-order valence-electron chi connectivity index (χ1n) is 13.1. The lowest BCUT2D eigenvalue weighted by atomic mass is 9.65. The van der Waals surface area contributed by atoms with Crippen LogP contribution in [0, 0.1) is 29.6 Å². The van der Waals surface area contributed by atoms with Crippen LogP contribution in [0.1, 0.15) is 108 Å². The molecule has 0 aromatic carbocycles. The number of carbonyl (C=O) groups excluding carboxylic acids is 2. The van der Waals surface area contributed by atoms with E-state index >= 15 is 0 Å². The minimum absolute atomic E-state index is 0. The number of nitrogens with one attached hydrogen (secondary N) is 2. The van der Waals surface area contributed by atoms with Crippen LogP contribution in [0.5, 0.6) is 0 Å². The van der Waals surface area contributed by atoms with E-state index in [1.807, 2.05) is 0 Å². The van der Waals surface area contributed by atoms with E-state index in [1.54, 1.807) is 14.1 Å². The molecule has 4 atom stereocenters. The van der Waals surface area contributed by atoms with Gasteiger partial charge in [-0.1, -0.05) is 74.0 Å². The maximum absolute atomic E-state index is 11.5. The van der Waals surface area contributed by atoms with Crippen LogP contribution in [0.2, 0.25) is 0 Å². The Morgan fingerprint density at radius 3 is 1.92 bits per heavy atom. The van der Waals surface area contributed by atoms with E-state index in [0.717, 1.165) is 25.2 Å². The Morgan fingerprint density at radius 1 is 1.00 bits per heavy atom. The van der Waals surface area contributed by atoms with Crippen LogP contribution >= 0.6 is 0 Å². The molecule has 2 aliphatic rings. The van der Waals surface area contributed by atoms with E-state index in [2.05, 4.69) is 58.0 Å². The number of allylic oxidation sites excluding steroid dienone is 1. The van der Waals surface area contributed by atoms with Crippen LogP contribution in [-0.2, 0) is 19.7 Å². The summed E-state index contributed by atoms with van der Waals surface area (Å²) in [6.07, 6.45) is 7.39. The van der Waals surface area contributed by atoms with Crippen LogP contribution in [-0.4, -0.2) is 55.8 Å². The minimum atomic E-state index is -3.67. The second-order valence-electron chi connectivity index (χ2n) is 11.3. The van der Waals surface area contributed by atoms with E-state index in [1.165, 1.54) is 30.4 Å². The fourth-order valence-electron chi connectivity index (χ4n) is 5.51. The summed E-state index contributed by atoms with van der Waals surface area (Å²) in [6, 6.07) is 0. The Morgan fingerprint density at radius 2 is 1.50 bits per heavy atom. The molecule has 2 amide bonds. The molecule has 228 valence electrons. The summed E-state index contributed by atoms with van der Waals surface area (Å²) in [5, 5.41) is 16.0. The lowest BCUT2D eigenvalue weighted by molar-refractivity contribution is -0.134. The lowest BCUT2D eigenvalue weighted by Crippen LogP contribution is -2.48. The third kappa shape index (κ3) is 16.5. The van der Waals surface area contributed by atoms with E-state index in [4.69, 9.17) is 9.11 Å². The monoisotopic (exact) mass is 564 g/mol. The molecule has 5 N–H and O–H groups in total. The van der Waals surface area contributed by atoms with Crippen molar-refractivity contribution in [2.45, 2.75) is 113 Å². The van der Waals surface area contributed by atoms with Gasteiger partial charge in [-0.3, -0.25) is 18.7 Å². The highest BCUT2D eigenvalue weighted by atomic mass is 32.2. The van der Waals surface area contributed by atoms with Crippen LogP contribution in [0.4, 0.5) is 0 Å². The van der Waals surface area contributed by atoms with Gasteiger partial charge in [0.1, 0.15) is 0 Å². The van der Waals surface area contributed by atoms with Gasteiger partial charge in [0, 0.05) is 26.4 Å². The van der Waals surface area contributed by atoms with Crippen molar-refractivity contribution in [3.63, 3.8) is 0 Å². The number of carbonyl (C=O) groups is 2. The first-order valence-corrected chi connectivity index (χ1v) is 14.7. The molecule has 8 nitrogen and oxygen atoms in total. The molecule has 0 saturated heterocycles. The standard InChI is InChI=1S/C13H25NO2.C13H23NO.CH4O3S.2CH4/c1-9(2)11-6-5-10(3)7-13(11,16)8-12(15)14-4;1-9(2)12-6-5-10(3)7-11(12)8-13(15)14-4;1-5(2,3)4;;/h9-11,16H,5-8H2,1-4H3,(H,14,15);9-10H,5-8H2,1-4H3,(H,14,15);1H2,(H2,2,3,4);2*1H4/t10-,11+,13?;10-;;;/m11.../s1. The fraction of sp³-hybridized carbons (Fsp3) is 0.828. The number of hydrogen-bond acceptors (Lipinski definition) is 4.